The van der Waals surface area contributed by atoms with Crippen LogP contribution in [0, 0.1) is 13.8 Å². The molecule has 2 rings (SSSR count). The van der Waals surface area contributed by atoms with Gasteiger partial charge in [0.05, 0.1) is 11.5 Å². The second-order valence-electron chi connectivity index (χ2n) is 3.94. The molecule has 0 aliphatic heterocycles. The molecule has 17 heavy (non-hydrogen) atoms. The van der Waals surface area contributed by atoms with Gasteiger partial charge in [-0.15, -0.1) is 11.3 Å². The molecule has 0 saturated carbocycles. The summed E-state index contributed by atoms with van der Waals surface area (Å²) in [4.78, 5) is 5.05. The van der Waals surface area contributed by atoms with E-state index in [1.54, 1.807) is 6.20 Å². The molecule has 0 radical (unpaired) electrons. The van der Waals surface area contributed by atoms with Crippen LogP contribution in [-0.2, 0) is 13.2 Å². The van der Waals surface area contributed by atoms with Gasteiger partial charge in [0.2, 0.25) is 0 Å². The van der Waals surface area contributed by atoms with Crippen LogP contribution in [0.5, 0.6) is 5.75 Å². The van der Waals surface area contributed by atoms with Gasteiger partial charge in [0.25, 0.3) is 0 Å². The van der Waals surface area contributed by atoms with Gasteiger partial charge in [-0.3, -0.25) is 0 Å². The largest absolute Gasteiger partial charge is 0.486 e. The van der Waals surface area contributed by atoms with Crippen LogP contribution in [-0.4, -0.2) is 10.1 Å². The molecule has 1 aromatic heterocycles. The van der Waals surface area contributed by atoms with E-state index in [0.717, 1.165) is 21.2 Å². The third kappa shape index (κ3) is 3.05. The van der Waals surface area contributed by atoms with E-state index >= 15 is 0 Å². The number of aliphatic hydroxyl groups excluding tert-OH is 1. The minimum atomic E-state index is 0.0428. The van der Waals surface area contributed by atoms with Gasteiger partial charge in [0.1, 0.15) is 17.4 Å². The van der Waals surface area contributed by atoms with Crippen LogP contribution in [0.3, 0.4) is 0 Å². The zero-order chi connectivity index (χ0) is 12.3. The molecule has 1 aromatic carbocycles. The van der Waals surface area contributed by atoms with Crippen LogP contribution >= 0.6 is 11.3 Å². The maximum Gasteiger partial charge on any atom is 0.140 e. The lowest BCUT2D eigenvalue weighted by Gasteiger charge is -2.08. The van der Waals surface area contributed by atoms with Crippen molar-refractivity contribution < 1.29 is 9.84 Å². The first kappa shape index (κ1) is 12.1. The van der Waals surface area contributed by atoms with Gasteiger partial charge in [-0.05, 0) is 31.0 Å². The van der Waals surface area contributed by atoms with Crippen LogP contribution < -0.4 is 4.74 Å². The number of aryl methyl sites for hydroxylation is 2. The molecule has 0 saturated heterocycles. The molecule has 90 valence electrons. The maximum atomic E-state index is 8.95. The Morgan fingerprint density at radius 1 is 1.35 bits per heavy atom. The van der Waals surface area contributed by atoms with Gasteiger partial charge < -0.3 is 9.84 Å². The van der Waals surface area contributed by atoms with Gasteiger partial charge >= 0.3 is 0 Å². The van der Waals surface area contributed by atoms with E-state index < -0.39 is 0 Å². The minimum absolute atomic E-state index is 0.0428. The molecule has 2 aromatic rings. The summed E-state index contributed by atoms with van der Waals surface area (Å²) in [7, 11) is 0. The highest BCUT2D eigenvalue weighted by atomic mass is 32.1. The number of nitrogens with zero attached hydrogens (tertiary/aromatic N) is 1. The second kappa shape index (κ2) is 5.29. The number of rotatable bonds is 4. The van der Waals surface area contributed by atoms with E-state index in [1.807, 2.05) is 26.0 Å². The Hall–Kier alpha value is -1.39. The van der Waals surface area contributed by atoms with E-state index in [4.69, 9.17) is 9.84 Å². The minimum Gasteiger partial charge on any atom is -0.486 e. The molecule has 0 fully saturated rings. The molecule has 4 heteroatoms. The summed E-state index contributed by atoms with van der Waals surface area (Å²) < 4.78 is 5.73. The quantitative estimate of drug-likeness (QED) is 0.906. The first-order valence-electron chi connectivity index (χ1n) is 5.43. The molecule has 3 nitrogen and oxygen atoms in total. The van der Waals surface area contributed by atoms with E-state index in [2.05, 4.69) is 11.1 Å². The highest BCUT2D eigenvalue weighted by Crippen LogP contribution is 2.21. The molecule has 0 aliphatic carbocycles. The molecule has 1 N–H and O–H groups in total. The summed E-state index contributed by atoms with van der Waals surface area (Å²) in [5, 5.41) is 9.83. The van der Waals surface area contributed by atoms with Gasteiger partial charge in [-0.25, -0.2) is 4.98 Å². The van der Waals surface area contributed by atoms with Gasteiger partial charge in [0.15, 0.2) is 0 Å². The molecule has 0 atom stereocenters. The Balaban J connectivity index is 2.04. The van der Waals surface area contributed by atoms with Crippen LogP contribution in [0.1, 0.15) is 21.0 Å². The lowest BCUT2D eigenvalue weighted by atomic mass is 10.1. The van der Waals surface area contributed by atoms with Crippen molar-refractivity contribution in [2.24, 2.45) is 0 Å². The number of hydrogen-bond donors (Lipinski definition) is 1. The summed E-state index contributed by atoms with van der Waals surface area (Å²) in [6.07, 6.45) is 1.69. The van der Waals surface area contributed by atoms with Gasteiger partial charge in [-0.1, -0.05) is 12.1 Å². The van der Waals surface area contributed by atoms with Crippen molar-refractivity contribution in [2.75, 3.05) is 0 Å². The van der Waals surface area contributed by atoms with Crippen molar-refractivity contribution in [2.45, 2.75) is 27.1 Å². The summed E-state index contributed by atoms with van der Waals surface area (Å²) in [5.74, 6) is 0.894. The summed E-state index contributed by atoms with van der Waals surface area (Å²) in [6.45, 7) is 4.56. The molecule has 0 unspecified atom stereocenters. The standard InChI is InChI=1S/C13H15NO2S/c1-9-3-4-10(2)12(5-9)16-8-13-14-6-11(7-15)17-13/h3-6,15H,7-8H2,1-2H3. The predicted octanol–water partition coefficient (Wildman–Crippen LogP) is 2.83. The zero-order valence-electron chi connectivity index (χ0n) is 9.93. The van der Waals surface area contributed by atoms with E-state index in [0.29, 0.717) is 6.61 Å². The van der Waals surface area contributed by atoms with Crippen molar-refractivity contribution in [3.05, 3.63) is 45.4 Å². The van der Waals surface area contributed by atoms with E-state index in [-0.39, 0.29) is 6.61 Å². The fourth-order valence-electron chi connectivity index (χ4n) is 1.49. The molecule has 0 aliphatic rings. The maximum absolute atomic E-state index is 8.95. The van der Waals surface area contributed by atoms with Crippen LogP contribution in [0.2, 0.25) is 0 Å². The Bertz CT molecular complexity index is 508. The van der Waals surface area contributed by atoms with Gasteiger partial charge in [0, 0.05) is 6.20 Å². The lowest BCUT2D eigenvalue weighted by molar-refractivity contribution is 0.285. The van der Waals surface area contributed by atoms with E-state index in [1.165, 1.54) is 16.9 Å². The highest BCUT2D eigenvalue weighted by Gasteiger charge is 2.04. The average Bonchev–Trinajstić information content (AvgIpc) is 2.78. The molecule has 1 heterocycles. The average molecular weight is 249 g/mol. The second-order valence-corrected chi connectivity index (χ2v) is 5.14. The van der Waals surface area contributed by atoms with Crippen molar-refractivity contribution >= 4 is 11.3 Å². The molecular weight excluding hydrogens is 234 g/mol. The van der Waals surface area contributed by atoms with Crippen LogP contribution in [0.4, 0.5) is 0 Å². The summed E-state index contributed by atoms with van der Waals surface area (Å²) in [5.41, 5.74) is 2.30. The Morgan fingerprint density at radius 3 is 2.88 bits per heavy atom. The fraction of sp³-hybridized carbons (Fsp3) is 0.308. The Labute approximate surface area is 105 Å². The van der Waals surface area contributed by atoms with Crippen LogP contribution in [0.25, 0.3) is 0 Å². The Kier molecular flexibility index (Phi) is 3.76. The number of benzene rings is 1. The van der Waals surface area contributed by atoms with E-state index in [9.17, 15) is 0 Å². The number of aliphatic hydroxyl groups is 1. The summed E-state index contributed by atoms with van der Waals surface area (Å²) in [6, 6.07) is 6.14. The highest BCUT2D eigenvalue weighted by molar-refractivity contribution is 7.11. The predicted molar refractivity (Wildman–Crippen MR) is 68.3 cm³/mol. The fourth-order valence-corrected chi connectivity index (χ4v) is 2.19. The molecule has 0 spiro atoms. The van der Waals surface area contributed by atoms with Crippen molar-refractivity contribution in [3.8, 4) is 5.75 Å². The van der Waals surface area contributed by atoms with Gasteiger partial charge in [-0.2, -0.15) is 0 Å². The van der Waals surface area contributed by atoms with Crippen LogP contribution in [0.15, 0.2) is 24.4 Å². The SMILES string of the molecule is Cc1ccc(C)c(OCc2ncc(CO)s2)c1. The third-order valence-corrected chi connectivity index (χ3v) is 3.41. The Morgan fingerprint density at radius 2 is 2.18 bits per heavy atom. The normalized spacial score (nSPS) is 10.5. The number of thiazole rings is 1. The van der Waals surface area contributed by atoms with Crippen molar-refractivity contribution in [1.29, 1.82) is 0 Å². The lowest BCUT2D eigenvalue weighted by Crippen LogP contribution is -1.96. The first-order chi connectivity index (χ1) is 8.19. The molecule has 0 amide bonds. The third-order valence-electron chi connectivity index (χ3n) is 2.45. The summed E-state index contributed by atoms with van der Waals surface area (Å²) >= 11 is 1.48. The first-order valence-corrected chi connectivity index (χ1v) is 6.25. The molecule has 0 bridgehead atoms. The smallest absolute Gasteiger partial charge is 0.140 e. The molecular formula is C13H15NO2S. The topological polar surface area (TPSA) is 42.4 Å². The number of aromatic nitrogens is 1. The monoisotopic (exact) mass is 249 g/mol. The van der Waals surface area contributed by atoms with Crippen molar-refractivity contribution in [1.82, 2.24) is 4.98 Å². The number of hydrogen-bond acceptors (Lipinski definition) is 4. The van der Waals surface area contributed by atoms with Crippen molar-refractivity contribution in [3.63, 3.8) is 0 Å². The number of ether oxygens (including phenoxy) is 1. The zero-order valence-corrected chi connectivity index (χ0v) is 10.8.